The number of hydrazine groups is 1. The zero-order chi connectivity index (χ0) is 18.0. The highest BCUT2D eigenvalue weighted by molar-refractivity contribution is 5.92. The van der Waals surface area contributed by atoms with Crippen LogP contribution in [0.1, 0.15) is 52.5 Å². The first kappa shape index (κ1) is 20.3. The third kappa shape index (κ3) is 6.81. The van der Waals surface area contributed by atoms with E-state index < -0.39 is 0 Å². The summed E-state index contributed by atoms with van der Waals surface area (Å²) in [5, 5.41) is 1.61. The first-order valence-corrected chi connectivity index (χ1v) is 8.58. The number of aldehydes is 1. The Morgan fingerprint density at radius 2 is 1.88 bits per heavy atom. The molecule has 0 heterocycles. The molecule has 0 aromatic heterocycles. The molecule has 1 amide bonds. The Bertz CT molecular complexity index is 506. The van der Waals surface area contributed by atoms with E-state index in [4.69, 9.17) is 4.74 Å². The summed E-state index contributed by atoms with van der Waals surface area (Å²) in [4.78, 5) is 22.4. The molecule has 0 atom stereocenters. The minimum Gasteiger partial charge on any atom is -0.381 e. The maximum atomic E-state index is 12.2. The first-order chi connectivity index (χ1) is 11.4. The Morgan fingerprint density at radius 3 is 2.42 bits per heavy atom. The number of hydrogen-bond donors (Lipinski definition) is 1. The lowest BCUT2D eigenvalue weighted by molar-refractivity contribution is -0.119. The van der Waals surface area contributed by atoms with E-state index >= 15 is 0 Å². The number of anilines is 1. The Balaban J connectivity index is 2.59. The molecule has 0 radical (unpaired) electrons. The molecule has 134 valence electrons. The van der Waals surface area contributed by atoms with E-state index in [0.29, 0.717) is 32.6 Å². The standard InChI is InChI=1S/C19H30N2O3/c1-5-18(23)21(20-12-6-14-24-15-7-13-22)17-10-8-16(9-11-17)19(2,3)4/h8-11,13,20H,5-7,12,14-15H2,1-4H3. The van der Waals surface area contributed by atoms with Crippen LogP contribution in [0.3, 0.4) is 0 Å². The number of hydrogen-bond acceptors (Lipinski definition) is 4. The fourth-order valence-electron chi connectivity index (χ4n) is 2.19. The molecule has 0 spiro atoms. The molecule has 0 bridgehead atoms. The third-order valence-electron chi connectivity index (χ3n) is 3.66. The second kappa shape index (κ2) is 10.2. The van der Waals surface area contributed by atoms with Crippen molar-refractivity contribution in [3.05, 3.63) is 29.8 Å². The van der Waals surface area contributed by atoms with Crippen LogP contribution in [0.25, 0.3) is 0 Å². The number of carbonyl (C=O) groups is 2. The lowest BCUT2D eigenvalue weighted by atomic mass is 9.87. The molecule has 0 saturated heterocycles. The van der Waals surface area contributed by atoms with Crippen molar-refractivity contribution < 1.29 is 14.3 Å². The van der Waals surface area contributed by atoms with Gasteiger partial charge in [-0.15, -0.1) is 0 Å². The number of rotatable bonds is 10. The summed E-state index contributed by atoms with van der Waals surface area (Å²) in [6, 6.07) is 8.08. The quantitative estimate of drug-likeness (QED) is 0.405. The van der Waals surface area contributed by atoms with Gasteiger partial charge in [-0.25, -0.2) is 10.4 Å². The Morgan fingerprint density at radius 1 is 1.21 bits per heavy atom. The number of carbonyl (C=O) groups excluding carboxylic acids is 2. The van der Waals surface area contributed by atoms with Crippen molar-refractivity contribution in [3.8, 4) is 0 Å². The normalized spacial score (nSPS) is 11.3. The highest BCUT2D eigenvalue weighted by Gasteiger charge is 2.16. The van der Waals surface area contributed by atoms with Crippen LogP contribution in [-0.2, 0) is 19.7 Å². The van der Waals surface area contributed by atoms with Crippen molar-refractivity contribution in [2.24, 2.45) is 0 Å². The maximum absolute atomic E-state index is 12.2. The van der Waals surface area contributed by atoms with Crippen molar-refractivity contribution >= 4 is 17.9 Å². The average Bonchev–Trinajstić information content (AvgIpc) is 2.56. The van der Waals surface area contributed by atoms with Gasteiger partial charge in [0.1, 0.15) is 6.29 Å². The summed E-state index contributed by atoms with van der Waals surface area (Å²) in [7, 11) is 0. The summed E-state index contributed by atoms with van der Waals surface area (Å²) in [5.41, 5.74) is 5.34. The zero-order valence-electron chi connectivity index (χ0n) is 15.3. The largest absolute Gasteiger partial charge is 0.381 e. The average molecular weight is 334 g/mol. The molecule has 1 aromatic carbocycles. The summed E-state index contributed by atoms with van der Waals surface area (Å²) in [5.74, 6) is 0.0281. The molecule has 5 heteroatoms. The van der Waals surface area contributed by atoms with Gasteiger partial charge in [0.15, 0.2) is 0 Å². The number of ether oxygens (including phenoxy) is 1. The lowest BCUT2D eigenvalue weighted by Gasteiger charge is -2.25. The van der Waals surface area contributed by atoms with Crippen LogP contribution in [0.15, 0.2) is 24.3 Å². The lowest BCUT2D eigenvalue weighted by Crippen LogP contribution is -2.43. The minimum atomic E-state index is 0.0281. The fourth-order valence-corrected chi connectivity index (χ4v) is 2.19. The van der Waals surface area contributed by atoms with Gasteiger partial charge in [-0.05, 0) is 29.5 Å². The molecule has 24 heavy (non-hydrogen) atoms. The number of nitrogens with one attached hydrogen (secondary N) is 1. The van der Waals surface area contributed by atoms with Crippen molar-refractivity contribution in [1.29, 1.82) is 0 Å². The molecular formula is C19H30N2O3. The fraction of sp³-hybridized carbons (Fsp3) is 0.579. The minimum absolute atomic E-state index is 0.0281. The van der Waals surface area contributed by atoms with E-state index in [1.807, 2.05) is 19.1 Å². The molecule has 0 aliphatic heterocycles. The summed E-state index contributed by atoms with van der Waals surface area (Å²) >= 11 is 0. The SMILES string of the molecule is CCC(=O)N(NCCCOCCC=O)c1ccc(C(C)(C)C)cc1. The maximum Gasteiger partial charge on any atom is 0.241 e. The van der Waals surface area contributed by atoms with Crippen molar-refractivity contribution in [2.45, 2.75) is 52.4 Å². The summed E-state index contributed by atoms with van der Waals surface area (Å²) < 4.78 is 5.33. The topological polar surface area (TPSA) is 58.6 Å². The molecule has 0 aliphatic carbocycles. The highest BCUT2D eigenvalue weighted by atomic mass is 16.5. The number of nitrogens with zero attached hydrogens (tertiary/aromatic N) is 1. The molecule has 1 aromatic rings. The van der Waals surface area contributed by atoms with Gasteiger partial charge in [-0.3, -0.25) is 4.79 Å². The van der Waals surface area contributed by atoms with Crippen molar-refractivity contribution in [2.75, 3.05) is 24.8 Å². The van der Waals surface area contributed by atoms with Gasteiger partial charge in [0.05, 0.1) is 12.3 Å². The van der Waals surface area contributed by atoms with Gasteiger partial charge < -0.3 is 9.53 Å². The summed E-state index contributed by atoms with van der Waals surface area (Å²) in [6.45, 7) is 10.0. The molecule has 0 saturated carbocycles. The van der Waals surface area contributed by atoms with Crippen LogP contribution in [0.4, 0.5) is 5.69 Å². The van der Waals surface area contributed by atoms with Gasteiger partial charge >= 0.3 is 0 Å². The van der Waals surface area contributed by atoms with Gasteiger partial charge in [0, 0.05) is 26.0 Å². The third-order valence-corrected chi connectivity index (χ3v) is 3.66. The first-order valence-electron chi connectivity index (χ1n) is 8.58. The number of benzene rings is 1. The van der Waals surface area contributed by atoms with E-state index in [-0.39, 0.29) is 11.3 Å². The second-order valence-corrected chi connectivity index (χ2v) is 6.71. The smallest absolute Gasteiger partial charge is 0.241 e. The Hall–Kier alpha value is -1.72. The van der Waals surface area contributed by atoms with Crippen LogP contribution < -0.4 is 10.4 Å². The van der Waals surface area contributed by atoms with E-state index in [1.165, 1.54) is 5.56 Å². The van der Waals surface area contributed by atoms with Crippen LogP contribution in [0, 0.1) is 0 Å². The van der Waals surface area contributed by atoms with Crippen molar-refractivity contribution in [3.63, 3.8) is 0 Å². The zero-order valence-corrected chi connectivity index (χ0v) is 15.3. The Kier molecular flexibility index (Phi) is 8.65. The number of amides is 1. The van der Waals surface area contributed by atoms with Crippen molar-refractivity contribution in [1.82, 2.24) is 5.43 Å². The molecule has 0 fully saturated rings. The molecule has 0 aliphatic rings. The van der Waals surface area contributed by atoms with Gasteiger partial charge in [0.2, 0.25) is 5.91 Å². The molecule has 1 N–H and O–H groups in total. The predicted octanol–water partition coefficient (Wildman–Crippen LogP) is 3.23. The predicted molar refractivity (Wildman–Crippen MR) is 97.0 cm³/mol. The van der Waals surface area contributed by atoms with E-state index in [1.54, 1.807) is 5.01 Å². The van der Waals surface area contributed by atoms with Gasteiger partial charge in [-0.1, -0.05) is 39.8 Å². The van der Waals surface area contributed by atoms with Gasteiger partial charge in [-0.2, -0.15) is 0 Å². The molecule has 5 nitrogen and oxygen atoms in total. The second-order valence-electron chi connectivity index (χ2n) is 6.71. The van der Waals surface area contributed by atoms with E-state index in [2.05, 4.69) is 38.3 Å². The monoisotopic (exact) mass is 334 g/mol. The van der Waals surface area contributed by atoms with Gasteiger partial charge in [0.25, 0.3) is 0 Å². The highest BCUT2D eigenvalue weighted by Crippen LogP contribution is 2.24. The molecule has 0 unspecified atom stereocenters. The van der Waals surface area contributed by atoms with Crippen LogP contribution in [0.2, 0.25) is 0 Å². The van der Waals surface area contributed by atoms with Crippen LogP contribution in [0.5, 0.6) is 0 Å². The van der Waals surface area contributed by atoms with Crippen LogP contribution in [-0.4, -0.2) is 32.0 Å². The van der Waals surface area contributed by atoms with E-state index in [0.717, 1.165) is 18.4 Å². The van der Waals surface area contributed by atoms with E-state index in [9.17, 15) is 9.59 Å². The van der Waals surface area contributed by atoms with Crippen LogP contribution >= 0.6 is 0 Å². The molecule has 1 rings (SSSR count). The summed E-state index contributed by atoms with van der Waals surface area (Å²) in [6.07, 6.45) is 2.48. The Labute approximate surface area is 145 Å². The molecular weight excluding hydrogens is 304 g/mol.